The number of piperidine rings is 1. The molecule has 1 aliphatic heterocycles. The molecule has 0 spiro atoms. The highest BCUT2D eigenvalue weighted by Crippen LogP contribution is 2.25. The van der Waals surface area contributed by atoms with E-state index in [1.165, 1.54) is 0 Å². The van der Waals surface area contributed by atoms with E-state index in [-0.39, 0.29) is 29.2 Å². The topological polar surface area (TPSA) is 86.7 Å². The molecule has 0 bridgehead atoms. The molecule has 1 aliphatic rings. The van der Waals surface area contributed by atoms with E-state index in [9.17, 15) is 18.3 Å². The van der Waals surface area contributed by atoms with Crippen LogP contribution in [0.15, 0.2) is 18.2 Å². The molecule has 23 heavy (non-hydrogen) atoms. The van der Waals surface area contributed by atoms with Crippen molar-refractivity contribution in [2.45, 2.75) is 38.6 Å². The number of hydrogen-bond donors (Lipinski definition) is 2. The molecule has 1 aromatic rings. The lowest BCUT2D eigenvalue weighted by Gasteiger charge is -2.33. The van der Waals surface area contributed by atoms with E-state index in [0.29, 0.717) is 19.5 Å². The number of rotatable bonds is 4. The molecule has 1 amide bonds. The Morgan fingerprint density at radius 1 is 1.39 bits per heavy atom. The normalized spacial score (nSPS) is 19.1. The molecule has 1 heterocycles. The molecule has 2 rings (SSSR count). The second-order valence-corrected chi connectivity index (χ2v) is 8.19. The maximum absolute atomic E-state index is 12.7. The summed E-state index contributed by atoms with van der Waals surface area (Å²) in [5.74, 6) is -0.0502. The first-order chi connectivity index (χ1) is 10.7. The van der Waals surface area contributed by atoms with E-state index in [2.05, 4.69) is 4.72 Å². The molecule has 2 N–H and O–H groups in total. The van der Waals surface area contributed by atoms with Crippen LogP contribution in [0.3, 0.4) is 0 Å². The van der Waals surface area contributed by atoms with Crippen LogP contribution in [-0.4, -0.2) is 49.7 Å². The first-order valence-electron chi connectivity index (χ1n) is 7.77. The number of likely N-dealkylation sites (tertiary alicyclic amines) is 1. The highest BCUT2D eigenvalue weighted by molar-refractivity contribution is 7.88. The van der Waals surface area contributed by atoms with Gasteiger partial charge in [0.15, 0.2) is 0 Å². The predicted molar refractivity (Wildman–Crippen MR) is 89.1 cm³/mol. The van der Waals surface area contributed by atoms with Crippen molar-refractivity contribution in [2.75, 3.05) is 19.3 Å². The van der Waals surface area contributed by atoms with E-state index in [4.69, 9.17) is 0 Å². The molecule has 1 saturated heterocycles. The van der Waals surface area contributed by atoms with Gasteiger partial charge in [-0.05, 0) is 36.5 Å². The summed E-state index contributed by atoms with van der Waals surface area (Å²) < 4.78 is 25.3. The second kappa shape index (κ2) is 6.88. The third-order valence-electron chi connectivity index (χ3n) is 4.01. The molecule has 1 fully saturated rings. The van der Waals surface area contributed by atoms with Crippen molar-refractivity contribution in [1.82, 2.24) is 9.62 Å². The Morgan fingerprint density at radius 3 is 2.70 bits per heavy atom. The van der Waals surface area contributed by atoms with Crippen molar-refractivity contribution in [3.8, 4) is 5.75 Å². The number of carbonyl (C=O) groups is 1. The Balaban J connectivity index is 2.18. The number of aromatic hydroxyl groups is 1. The average Bonchev–Trinajstić information content (AvgIpc) is 2.45. The highest BCUT2D eigenvalue weighted by Gasteiger charge is 2.27. The van der Waals surface area contributed by atoms with Crippen LogP contribution in [0.4, 0.5) is 0 Å². The molecular weight excluding hydrogens is 316 g/mol. The number of nitrogens with zero attached hydrogens (tertiary/aromatic N) is 1. The molecule has 6 nitrogen and oxygen atoms in total. The van der Waals surface area contributed by atoms with Gasteiger partial charge in [0.2, 0.25) is 10.0 Å². The summed E-state index contributed by atoms with van der Waals surface area (Å²) in [6.07, 6.45) is 2.55. The number of nitrogens with one attached hydrogen (secondary N) is 1. The van der Waals surface area contributed by atoms with E-state index in [0.717, 1.165) is 18.2 Å². The van der Waals surface area contributed by atoms with Gasteiger partial charge in [0, 0.05) is 19.1 Å². The lowest BCUT2D eigenvalue weighted by Crippen LogP contribution is -2.49. The zero-order valence-corrected chi connectivity index (χ0v) is 14.6. The Bertz CT molecular complexity index is 685. The summed E-state index contributed by atoms with van der Waals surface area (Å²) in [6, 6.07) is 4.79. The van der Waals surface area contributed by atoms with Crippen LogP contribution in [0.2, 0.25) is 0 Å². The van der Waals surface area contributed by atoms with Gasteiger partial charge in [-0.25, -0.2) is 13.1 Å². The van der Waals surface area contributed by atoms with E-state index < -0.39 is 10.0 Å². The Morgan fingerprint density at radius 2 is 2.09 bits per heavy atom. The molecule has 0 radical (unpaired) electrons. The second-order valence-electron chi connectivity index (χ2n) is 6.41. The van der Waals surface area contributed by atoms with Crippen molar-refractivity contribution in [2.24, 2.45) is 0 Å². The lowest BCUT2D eigenvalue weighted by atomic mass is 9.99. The molecule has 7 heteroatoms. The minimum atomic E-state index is -3.30. The smallest absolute Gasteiger partial charge is 0.257 e. The molecular formula is C16H24N2O4S. The molecule has 0 aliphatic carbocycles. The van der Waals surface area contributed by atoms with Gasteiger partial charge in [0.05, 0.1) is 11.8 Å². The maximum atomic E-state index is 12.7. The monoisotopic (exact) mass is 340 g/mol. The van der Waals surface area contributed by atoms with Gasteiger partial charge in [-0.1, -0.05) is 19.9 Å². The van der Waals surface area contributed by atoms with Crippen molar-refractivity contribution in [1.29, 1.82) is 0 Å². The van der Waals surface area contributed by atoms with Crippen LogP contribution in [0.5, 0.6) is 5.75 Å². The Hall–Kier alpha value is -1.60. The van der Waals surface area contributed by atoms with Crippen LogP contribution in [0.1, 0.15) is 48.5 Å². The average molecular weight is 340 g/mol. The van der Waals surface area contributed by atoms with Crippen LogP contribution in [0.25, 0.3) is 0 Å². The molecule has 1 atom stereocenters. The number of phenols is 1. The summed E-state index contributed by atoms with van der Waals surface area (Å²) in [5, 5.41) is 10.0. The van der Waals surface area contributed by atoms with Crippen molar-refractivity contribution < 1.29 is 18.3 Å². The van der Waals surface area contributed by atoms with Gasteiger partial charge in [0.25, 0.3) is 5.91 Å². The minimum Gasteiger partial charge on any atom is -0.507 e. The SMILES string of the molecule is CC(C)c1ccc(O)c(C(=O)N2CCC[C@@H](NS(C)(=O)=O)C2)c1. The number of benzene rings is 1. The summed E-state index contributed by atoms with van der Waals surface area (Å²) in [7, 11) is -3.30. The number of sulfonamides is 1. The summed E-state index contributed by atoms with van der Waals surface area (Å²) >= 11 is 0. The summed E-state index contributed by atoms with van der Waals surface area (Å²) in [4.78, 5) is 14.3. The molecule has 0 saturated carbocycles. The summed E-state index contributed by atoms with van der Waals surface area (Å²) in [5.41, 5.74) is 1.25. The quantitative estimate of drug-likeness (QED) is 0.873. The predicted octanol–water partition coefficient (Wildman–Crippen LogP) is 1.67. The van der Waals surface area contributed by atoms with Crippen LogP contribution < -0.4 is 4.72 Å². The largest absolute Gasteiger partial charge is 0.507 e. The van der Waals surface area contributed by atoms with Gasteiger partial charge in [0.1, 0.15) is 5.75 Å². The molecule has 0 aromatic heterocycles. The molecule has 128 valence electrons. The Kier molecular flexibility index (Phi) is 5.31. The first kappa shape index (κ1) is 17.7. The fraction of sp³-hybridized carbons (Fsp3) is 0.562. The molecule has 0 unspecified atom stereocenters. The fourth-order valence-electron chi connectivity index (χ4n) is 2.81. The minimum absolute atomic E-state index is 0.0439. The van der Waals surface area contributed by atoms with Crippen LogP contribution in [-0.2, 0) is 10.0 Å². The van der Waals surface area contributed by atoms with Gasteiger partial charge < -0.3 is 10.0 Å². The number of phenolic OH excluding ortho intramolecular Hbond substituents is 1. The van der Waals surface area contributed by atoms with Crippen molar-refractivity contribution >= 4 is 15.9 Å². The Labute approximate surface area is 137 Å². The summed E-state index contributed by atoms with van der Waals surface area (Å²) in [6.45, 7) is 4.92. The third kappa shape index (κ3) is 4.68. The van der Waals surface area contributed by atoms with Gasteiger partial charge in [-0.15, -0.1) is 0 Å². The van der Waals surface area contributed by atoms with E-state index in [1.54, 1.807) is 23.1 Å². The lowest BCUT2D eigenvalue weighted by molar-refractivity contribution is 0.0700. The number of amides is 1. The van der Waals surface area contributed by atoms with Gasteiger partial charge in [-0.3, -0.25) is 4.79 Å². The van der Waals surface area contributed by atoms with Gasteiger partial charge in [-0.2, -0.15) is 0 Å². The highest BCUT2D eigenvalue weighted by atomic mass is 32.2. The third-order valence-corrected chi connectivity index (χ3v) is 4.77. The number of carbonyl (C=O) groups excluding carboxylic acids is 1. The number of hydrogen-bond acceptors (Lipinski definition) is 4. The standard InChI is InChI=1S/C16H24N2O4S/c1-11(2)12-6-7-15(19)14(9-12)16(20)18-8-4-5-13(10-18)17-23(3,21)22/h6-7,9,11,13,17,19H,4-5,8,10H2,1-3H3/t13-/m1/s1. The zero-order chi connectivity index (χ0) is 17.2. The van der Waals surface area contributed by atoms with E-state index >= 15 is 0 Å². The van der Waals surface area contributed by atoms with Crippen LogP contribution >= 0.6 is 0 Å². The molecule has 1 aromatic carbocycles. The zero-order valence-electron chi connectivity index (χ0n) is 13.7. The van der Waals surface area contributed by atoms with E-state index in [1.807, 2.05) is 13.8 Å². The van der Waals surface area contributed by atoms with Gasteiger partial charge >= 0.3 is 0 Å². The fourth-order valence-corrected chi connectivity index (χ4v) is 3.61. The van der Waals surface area contributed by atoms with Crippen molar-refractivity contribution in [3.05, 3.63) is 29.3 Å². The van der Waals surface area contributed by atoms with Crippen LogP contribution in [0, 0.1) is 0 Å². The maximum Gasteiger partial charge on any atom is 0.257 e. The van der Waals surface area contributed by atoms with Crippen molar-refractivity contribution in [3.63, 3.8) is 0 Å². The first-order valence-corrected chi connectivity index (χ1v) is 9.66.